The first-order valence-electron chi connectivity index (χ1n) is 7.88. The van der Waals surface area contributed by atoms with Gasteiger partial charge < -0.3 is 10.1 Å². The molecule has 2 heterocycles. The number of esters is 1. The molecule has 0 atom stereocenters. The smallest absolute Gasteiger partial charge is 0.348 e. The molecule has 0 saturated heterocycles. The number of carbonyl (C=O) groups excluding carboxylic acids is 1. The summed E-state index contributed by atoms with van der Waals surface area (Å²) in [4.78, 5) is 21.9. The van der Waals surface area contributed by atoms with Crippen LogP contribution in [0.5, 0.6) is 0 Å². The van der Waals surface area contributed by atoms with Gasteiger partial charge in [0.15, 0.2) is 0 Å². The Bertz CT molecular complexity index is 969. The molecule has 3 aromatic rings. The van der Waals surface area contributed by atoms with Crippen molar-refractivity contribution >= 4 is 50.6 Å². The minimum atomic E-state index is -0.351. The molecule has 0 saturated carbocycles. The highest BCUT2D eigenvalue weighted by atomic mass is 35.5. The van der Waals surface area contributed by atoms with Gasteiger partial charge in [-0.15, -0.1) is 11.3 Å². The summed E-state index contributed by atoms with van der Waals surface area (Å²) in [5.41, 5.74) is 4.09. The average Bonchev–Trinajstić information content (AvgIpc) is 2.88. The molecule has 1 aromatic carbocycles. The van der Waals surface area contributed by atoms with Crippen molar-refractivity contribution in [3.05, 3.63) is 45.1 Å². The average molecular weight is 376 g/mol. The Kier molecular flexibility index (Phi) is 4.92. The molecular weight excluding hydrogens is 358 g/mol. The van der Waals surface area contributed by atoms with Crippen molar-refractivity contribution in [3.63, 3.8) is 0 Å². The minimum Gasteiger partial charge on any atom is -0.462 e. The van der Waals surface area contributed by atoms with Gasteiger partial charge >= 0.3 is 5.97 Å². The normalized spacial score (nSPS) is 10.9. The number of aryl methyl sites for hydroxylation is 3. The van der Waals surface area contributed by atoms with Crippen LogP contribution in [0.1, 0.15) is 33.3 Å². The summed E-state index contributed by atoms with van der Waals surface area (Å²) in [6.45, 7) is 8.09. The first-order chi connectivity index (χ1) is 11.9. The number of benzene rings is 1. The van der Waals surface area contributed by atoms with Crippen LogP contribution in [0.3, 0.4) is 0 Å². The zero-order chi connectivity index (χ0) is 18.1. The topological polar surface area (TPSA) is 64.1 Å². The van der Waals surface area contributed by atoms with E-state index in [9.17, 15) is 4.79 Å². The Morgan fingerprint density at radius 3 is 2.68 bits per heavy atom. The lowest BCUT2D eigenvalue weighted by Crippen LogP contribution is -2.03. The molecule has 1 N–H and O–H groups in total. The highest BCUT2D eigenvalue weighted by molar-refractivity contribution is 7.20. The Hall–Kier alpha value is -2.18. The van der Waals surface area contributed by atoms with Gasteiger partial charge in [-0.2, -0.15) is 4.98 Å². The van der Waals surface area contributed by atoms with Crippen molar-refractivity contribution in [3.8, 4) is 0 Å². The van der Waals surface area contributed by atoms with Crippen LogP contribution in [-0.4, -0.2) is 22.5 Å². The Labute approximate surface area is 155 Å². The summed E-state index contributed by atoms with van der Waals surface area (Å²) in [6.07, 6.45) is 0. The zero-order valence-corrected chi connectivity index (χ0v) is 16.0. The number of aromatic nitrogens is 2. The van der Waals surface area contributed by atoms with Gasteiger partial charge in [0.2, 0.25) is 5.28 Å². The van der Waals surface area contributed by atoms with Crippen molar-refractivity contribution in [1.29, 1.82) is 0 Å². The summed E-state index contributed by atoms with van der Waals surface area (Å²) in [7, 11) is 0. The number of hydrogen-bond acceptors (Lipinski definition) is 6. The highest BCUT2D eigenvalue weighted by Gasteiger charge is 2.21. The number of rotatable bonds is 4. The number of carbonyl (C=O) groups is 1. The molecule has 25 heavy (non-hydrogen) atoms. The largest absolute Gasteiger partial charge is 0.462 e. The van der Waals surface area contributed by atoms with Crippen LogP contribution < -0.4 is 5.32 Å². The molecule has 3 rings (SSSR count). The van der Waals surface area contributed by atoms with E-state index in [-0.39, 0.29) is 11.3 Å². The number of nitrogens with one attached hydrogen (secondary N) is 1. The van der Waals surface area contributed by atoms with Crippen LogP contribution in [0.25, 0.3) is 10.2 Å². The quantitative estimate of drug-likeness (QED) is 0.502. The monoisotopic (exact) mass is 375 g/mol. The molecule has 0 aliphatic carbocycles. The van der Waals surface area contributed by atoms with E-state index < -0.39 is 0 Å². The van der Waals surface area contributed by atoms with Crippen molar-refractivity contribution in [2.75, 3.05) is 11.9 Å². The number of hydrogen-bond donors (Lipinski definition) is 1. The van der Waals surface area contributed by atoms with Crippen LogP contribution in [0.2, 0.25) is 5.28 Å². The predicted molar refractivity (Wildman–Crippen MR) is 102 cm³/mol. The molecule has 5 nitrogen and oxygen atoms in total. The number of ether oxygens (including phenoxy) is 1. The number of anilines is 2. The third-order valence-corrected chi connectivity index (χ3v) is 5.33. The first kappa shape index (κ1) is 17.6. The number of thiophene rings is 1. The Balaban J connectivity index is 2.10. The van der Waals surface area contributed by atoms with Gasteiger partial charge in [-0.05, 0) is 68.1 Å². The predicted octanol–water partition coefficient (Wildman–Crippen LogP) is 5.19. The van der Waals surface area contributed by atoms with E-state index in [1.807, 2.05) is 25.1 Å². The second-order valence-corrected chi connectivity index (χ2v) is 7.06. The second kappa shape index (κ2) is 6.98. The van der Waals surface area contributed by atoms with E-state index in [1.165, 1.54) is 22.5 Å². The number of fused-ring (bicyclic) bond motifs is 1. The molecule has 0 fully saturated rings. The van der Waals surface area contributed by atoms with Crippen LogP contribution in [0.4, 0.5) is 11.5 Å². The lowest BCUT2D eigenvalue weighted by Gasteiger charge is -2.10. The third kappa shape index (κ3) is 3.45. The molecule has 0 aliphatic rings. The van der Waals surface area contributed by atoms with E-state index in [4.69, 9.17) is 16.3 Å². The molecule has 0 unspecified atom stereocenters. The van der Waals surface area contributed by atoms with Gasteiger partial charge in [0.05, 0.1) is 12.0 Å². The second-order valence-electron chi connectivity index (χ2n) is 5.72. The summed E-state index contributed by atoms with van der Waals surface area (Å²) < 4.78 is 5.13. The lowest BCUT2D eigenvalue weighted by atomic mass is 10.1. The number of nitrogens with zero attached hydrogens (tertiary/aromatic N) is 2. The summed E-state index contributed by atoms with van der Waals surface area (Å²) in [5.74, 6) is 0.235. The maximum Gasteiger partial charge on any atom is 0.348 e. The minimum absolute atomic E-state index is 0.135. The highest BCUT2D eigenvalue weighted by Crippen LogP contribution is 2.36. The molecule has 0 aliphatic heterocycles. The van der Waals surface area contributed by atoms with Crippen LogP contribution in [0.15, 0.2) is 18.2 Å². The molecule has 0 spiro atoms. The fourth-order valence-corrected chi connectivity index (χ4v) is 3.84. The Morgan fingerprint density at radius 1 is 1.24 bits per heavy atom. The van der Waals surface area contributed by atoms with E-state index in [2.05, 4.69) is 29.1 Å². The van der Waals surface area contributed by atoms with Gasteiger partial charge in [0, 0.05) is 5.69 Å². The molecule has 2 aromatic heterocycles. The van der Waals surface area contributed by atoms with E-state index in [0.29, 0.717) is 22.1 Å². The van der Waals surface area contributed by atoms with Crippen LogP contribution in [0, 0.1) is 20.8 Å². The van der Waals surface area contributed by atoms with Crippen molar-refractivity contribution in [2.24, 2.45) is 0 Å². The van der Waals surface area contributed by atoms with E-state index in [0.717, 1.165) is 16.6 Å². The standard InChI is InChI=1S/C18H18ClN3O2S/c1-5-24-17(23)14-11(4)13-15(21-18(19)22-16(13)25-14)20-12-7-6-9(2)10(3)8-12/h6-8H,5H2,1-4H3,(H,20,21,22). The summed E-state index contributed by atoms with van der Waals surface area (Å²) in [5, 5.41) is 4.22. The van der Waals surface area contributed by atoms with Gasteiger partial charge in [-0.25, -0.2) is 9.78 Å². The van der Waals surface area contributed by atoms with Crippen LogP contribution in [-0.2, 0) is 4.74 Å². The molecule has 0 radical (unpaired) electrons. The molecule has 0 amide bonds. The van der Waals surface area contributed by atoms with E-state index >= 15 is 0 Å². The first-order valence-corrected chi connectivity index (χ1v) is 9.08. The van der Waals surface area contributed by atoms with Crippen molar-refractivity contribution in [1.82, 2.24) is 9.97 Å². The van der Waals surface area contributed by atoms with Crippen molar-refractivity contribution in [2.45, 2.75) is 27.7 Å². The fourth-order valence-electron chi connectivity index (χ4n) is 2.55. The molecule has 0 bridgehead atoms. The van der Waals surface area contributed by atoms with E-state index in [1.54, 1.807) is 6.92 Å². The SMILES string of the molecule is CCOC(=O)c1sc2nc(Cl)nc(Nc3ccc(C)c(C)c3)c2c1C. The molecule has 130 valence electrons. The maximum absolute atomic E-state index is 12.2. The number of halogens is 1. The van der Waals surface area contributed by atoms with Gasteiger partial charge in [-0.3, -0.25) is 0 Å². The lowest BCUT2D eigenvalue weighted by molar-refractivity contribution is 0.0531. The van der Waals surface area contributed by atoms with Gasteiger partial charge in [0.25, 0.3) is 0 Å². The van der Waals surface area contributed by atoms with Crippen molar-refractivity contribution < 1.29 is 9.53 Å². The Morgan fingerprint density at radius 2 is 2.00 bits per heavy atom. The van der Waals surface area contributed by atoms with Gasteiger partial charge in [-0.1, -0.05) is 6.07 Å². The summed E-state index contributed by atoms with van der Waals surface area (Å²) >= 11 is 7.34. The third-order valence-electron chi connectivity index (χ3n) is 3.99. The maximum atomic E-state index is 12.2. The fraction of sp³-hybridized carbons (Fsp3) is 0.278. The summed E-state index contributed by atoms with van der Waals surface area (Å²) in [6, 6.07) is 6.07. The van der Waals surface area contributed by atoms with Crippen LogP contribution >= 0.6 is 22.9 Å². The van der Waals surface area contributed by atoms with Gasteiger partial charge in [0.1, 0.15) is 15.5 Å². The molecular formula is C18H18ClN3O2S. The molecule has 7 heteroatoms. The zero-order valence-electron chi connectivity index (χ0n) is 14.4.